The monoisotopic (exact) mass is 134 g/mol. The van der Waals surface area contributed by atoms with Gasteiger partial charge in [0.1, 0.15) is 5.82 Å². The lowest BCUT2D eigenvalue weighted by Gasteiger charge is -1.85. The van der Waals surface area contributed by atoms with E-state index in [4.69, 9.17) is 5.73 Å². The van der Waals surface area contributed by atoms with Gasteiger partial charge in [-0.15, -0.1) is 0 Å². The maximum atomic E-state index is 5.42. The summed E-state index contributed by atoms with van der Waals surface area (Å²) in [5.41, 5.74) is 5.42. The highest BCUT2D eigenvalue weighted by molar-refractivity contribution is 5.39. The van der Waals surface area contributed by atoms with E-state index in [9.17, 15) is 0 Å². The molecule has 2 aromatic heterocycles. The lowest BCUT2D eigenvalue weighted by Crippen LogP contribution is -1.83. The smallest absolute Gasteiger partial charge is 0.235 e. The summed E-state index contributed by atoms with van der Waals surface area (Å²) in [6, 6.07) is 1.83. The zero-order chi connectivity index (χ0) is 6.97. The number of nitrogens with zero attached hydrogens (tertiary/aromatic N) is 3. The van der Waals surface area contributed by atoms with Crippen molar-refractivity contribution in [2.45, 2.75) is 0 Å². The number of rotatable bonds is 0. The van der Waals surface area contributed by atoms with Gasteiger partial charge in [0, 0.05) is 12.4 Å². The summed E-state index contributed by atoms with van der Waals surface area (Å²) in [7, 11) is 0. The van der Waals surface area contributed by atoms with Crippen LogP contribution in [0.25, 0.3) is 5.78 Å². The Balaban J connectivity index is 2.88. The average Bonchev–Trinajstić information content (AvgIpc) is 2.27. The third kappa shape index (κ3) is 0.621. The van der Waals surface area contributed by atoms with Crippen LogP contribution in [0.5, 0.6) is 0 Å². The highest BCUT2D eigenvalue weighted by atomic mass is 15.1. The van der Waals surface area contributed by atoms with Gasteiger partial charge in [-0.3, -0.25) is 4.40 Å². The van der Waals surface area contributed by atoms with E-state index in [1.54, 1.807) is 16.8 Å². The molecular formula is C6H6N4. The van der Waals surface area contributed by atoms with E-state index >= 15 is 0 Å². The Labute approximate surface area is 57.3 Å². The quantitative estimate of drug-likeness (QED) is 0.564. The highest BCUT2D eigenvalue weighted by Crippen LogP contribution is 2.00. The molecule has 0 fully saturated rings. The summed E-state index contributed by atoms with van der Waals surface area (Å²) in [5, 5.41) is 0. The Bertz CT molecular complexity index is 318. The van der Waals surface area contributed by atoms with Gasteiger partial charge in [-0.1, -0.05) is 0 Å². The van der Waals surface area contributed by atoms with Crippen LogP contribution >= 0.6 is 0 Å². The van der Waals surface area contributed by atoms with Gasteiger partial charge in [-0.05, 0) is 6.07 Å². The van der Waals surface area contributed by atoms with E-state index in [0.29, 0.717) is 11.6 Å². The Morgan fingerprint density at radius 2 is 2.40 bits per heavy atom. The van der Waals surface area contributed by atoms with Crippen LogP contribution in [0.2, 0.25) is 0 Å². The molecule has 2 rings (SSSR count). The first-order valence-electron chi connectivity index (χ1n) is 2.91. The molecule has 0 amide bonds. The molecule has 0 spiro atoms. The summed E-state index contributed by atoms with van der Waals surface area (Å²) >= 11 is 0. The molecule has 10 heavy (non-hydrogen) atoms. The van der Waals surface area contributed by atoms with Crippen LogP contribution in [0.15, 0.2) is 24.7 Å². The molecule has 0 atom stereocenters. The van der Waals surface area contributed by atoms with Crippen molar-refractivity contribution >= 4 is 11.6 Å². The van der Waals surface area contributed by atoms with Crippen LogP contribution in [0, 0.1) is 0 Å². The molecule has 0 aliphatic carbocycles. The molecule has 0 saturated carbocycles. The standard InChI is InChI=1S/C6H6N4/c7-5-4-10-3-1-2-8-6(10)9-5/h1-4H,7H2. The largest absolute Gasteiger partial charge is 0.382 e. The molecule has 2 heterocycles. The van der Waals surface area contributed by atoms with Crippen molar-refractivity contribution in [3.8, 4) is 0 Å². The first-order valence-corrected chi connectivity index (χ1v) is 2.91. The second-order valence-electron chi connectivity index (χ2n) is 1.99. The molecule has 0 aliphatic rings. The number of fused-ring (bicyclic) bond motifs is 1. The van der Waals surface area contributed by atoms with Gasteiger partial charge in [0.05, 0.1) is 6.20 Å². The molecule has 0 aromatic carbocycles. The van der Waals surface area contributed by atoms with Crippen LogP contribution in [0.4, 0.5) is 5.82 Å². The minimum Gasteiger partial charge on any atom is -0.382 e. The van der Waals surface area contributed by atoms with Crippen LogP contribution in [0.1, 0.15) is 0 Å². The van der Waals surface area contributed by atoms with Gasteiger partial charge >= 0.3 is 0 Å². The van der Waals surface area contributed by atoms with Crippen LogP contribution in [-0.4, -0.2) is 14.4 Å². The van der Waals surface area contributed by atoms with Gasteiger partial charge < -0.3 is 5.73 Å². The number of anilines is 1. The number of hydrogen-bond acceptors (Lipinski definition) is 3. The molecule has 4 heteroatoms. The molecule has 50 valence electrons. The van der Waals surface area contributed by atoms with Crippen molar-refractivity contribution in [1.82, 2.24) is 14.4 Å². The summed E-state index contributed by atoms with van der Waals surface area (Å²) < 4.78 is 1.77. The van der Waals surface area contributed by atoms with E-state index in [1.807, 2.05) is 12.3 Å². The second kappa shape index (κ2) is 1.70. The van der Waals surface area contributed by atoms with E-state index in [-0.39, 0.29) is 0 Å². The van der Waals surface area contributed by atoms with Crippen molar-refractivity contribution in [2.24, 2.45) is 0 Å². The predicted octanol–water partition coefficient (Wildman–Crippen LogP) is 0.312. The molecule has 4 nitrogen and oxygen atoms in total. The Hall–Kier alpha value is -1.58. The fourth-order valence-electron chi connectivity index (χ4n) is 0.848. The lowest BCUT2D eigenvalue weighted by atomic mass is 10.7. The van der Waals surface area contributed by atoms with Gasteiger partial charge in [0.25, 0.3) is 0 Å². The SMILES string of the molecule is Nc1cn2cccnc2n1. The number of imidazole rings is 1. The molecule has 0 unspecified atom stereocenters. The first-order chi connectivity index (χ1) is 4.86. The number of hydrogen-bond donors (Lipinski definition) is 1. The number of nitrogens with two attached hydrogens (primary N) is 1. The van der Waals surface area contributed by atoms with Gasteiger partial charge in [-0.25, -0.2) is 4.98 Å². The van der Waals surface area contributed by atoms with Crippen molar-refractivity contribution < 1.29 is 0 Å². The zero-order valence-electron chi connectivity index (χ0n) is 5.23. The summed E-state index contributed by atoms with van der Waals surface area (Å²) in [6.45, 7) is 0. The molecule has 2 N–H and O–H groups in total. The van der Waals surface area contributed by atoms with Crippen molar-refractivity contribution in [1.29, 1.82) is 0 Å². The normalized spacial score (nSPS) is 10.4. The minimum absolute atomic E-state index is 0.499. The van der Waals surface area contributed by atoms with Gasteiger partial charge in [0.15, 0.2) is 0 Å². The molecule has 0 saturated heterocycles. The molecule has 0 bridgehead atoms. The maximum Gasteiger partial charge on any atom is 0.235 e. The highest BCUT2D eigenvalue weighted by Gasteiger charge is 1.94. The predicted molar refractivity (Wildman–Crippen MR) is 37.4 cm³/mol. The number of nitrogen functional groups attached to an aromatic ring is 1. The Kier molecular flexibility index (Phi) is 0.887. The topological polar surface area (TPSA) is 56.2 Å². The summed E-state index contributed by atoms with van der Waals surface area (Å²) in [5.74, 6) is 1.14. The van der Waals surface area contributed by atoms with E-state index in [1.165, 1.54) is 0 Å². The van der Waals surface area contributed by atoms with Crippen LogP contribution < -0.4 is 5.73 Å². The van der Waals surface area contributed by atoms with E-state index in [2.05, 4.69) is 9.97 Å². The third-order valence-electron chi connectivity index (χ3n) is 1.25. The molecule has 0 radical (unpaired) electrons. The van der Waals surface area contributed by atoms with Gasteiger partial charge in [-0.2, -0.15) is 4.98 Å². The van der Waals surface area contributed by atoms with E-state index < -0.39 is 0 Å². The van der Waals surface area contributed by atoms with E-state index in [0.717, 1.165) is 0 Å². The second-order valence-corrected chi connectivity index (χ2v) is 1.99. The summed E-state index contributed by atoms with van der Waals surface area (Å²) in [4.78, 5) is 7.92. The Morgan fingerprint density at radius 1 is 1.50 bits per heavy atom. The molecular weight excluding hydrogens is 128 g/mol. The lowest BCUT2D eigenvalue weighted by molar-refractivity contribution is 1.11. The number of aromatic nitrogens is 3. The van der Waals surface area contributed by atoms with Crippen LogP contribution in [-0.2, 0) is 0 Å². The maximum absolute atomic E-state index is 5.42. The van der Waals surface area contributed by atoms with Crippen LogP contribution in [0.3, 0.4) is 0 Å². The molecule has 2 aromatic rings. The van der Waals surface area contributed by atoms with Crippen molar-refractivity contribution in [3.05, 3.63) is 24.7 Å². The summed E-state index contributed by atoms with van der Waals surface area (Å²) in [6.07, 6.45) is 5.26. The minimum atomic E-state index is 0.499. The average molecular weight is 134 g/mol. The third-order valence-corrected chi connectivity index (χ3v) is 1.25. The zero-order valence-corrected chi connectivity index (χ0v) is 5.23. The Morgan fingerprint density at radius 3 is 3.20 bits per heavy atom. The van der Waals surface area contributed by atoms with Gasteiger partial charge in [0.2, 0.25) is 5.78 Å². The van der Waals surface area contributed by atoms with Crippen molar-refractivity contribution in [3.63, 3.8) is 0 Å². The molecule has 0 aliphatic heterocycles. The van der Waals surface area contributed by atoms with Crippen molar-refractivity contribution in [2.75, 3.05) is 5.73 Å². The fraction of sp³-hybridized carbons (Fsp3) is 0. The fourth-order valence-corrected chi connectivity index (χ4v) is 0.848. The first kappa shape index (κ1) is 5.22.